The van der Waals surface area contributed by atoms with Gasteiger partial charge in [-0.15, -0.1) is 0 Å². The average molecular weight is 416 g/mol. The third-order valence-corrected chi connectivity index (χ3v) is 5.40. The van der Waals surface area contributed by atoms with Crippen LogP contribution in [0.4, 0.5) is 5.69 Å². The Morgan fingerprint density at radius 2 is 1.83 bits per heavy atom. The van der Waals surface area contributed by atoms with Crippen molar-refractivity contribution in [3.8, 4) is 5.75 Å². The van der Waals surface area contributed by atoms with Crippen LogP contribution in [0.3, 0.4) is 0 Å². The van der Waals surface area contributed by atoms with Crippen molar-refractivity contribution in [1.29, 1.82) is 0 Å². The molecule has 0 unspecified atom stereocenters. The molecule has 0 radical (unpaired) electrons. The van der Waals surface area contributed by atoms with Gasteiger partial charge < -0.3 is 15.0 Å². The Balaban J connectivity index is 1.46. The first kappa shape index (κ1) is 21.1. The lowest BCUT2D eigenvalue weighted by molar-refractivity contribution is -0.132. The topological polar surface area (TPSA) is 61.9 Å². The highest BCUT2D eigenvalue weighted by molar-refractivity contribution is 6.33. The van der Waals surface area contributed by atoms with E-state index in [2.05, 4.69) is 5.32 Å². The van der Waals surface area contributed by atoms with Crippen LogP contribution < -0.4 is 10.1 Å². The molecule has 2 aromatic carbocycles. The number of carbonyl (C=O) groups excluding carboxylic acids is 2. The minimum absolute atomic E-state index is 0.0936. The summed E-state index contributed by atoms with van der Waals surface area (Å²) in [7, 11) is 1.63. The molecular weight excluding hydrogens is 390 g/mol. The van der Waals surface area contributed by atoms with Gasteiger partial charge in [0.05, 0.1) is 30.8 Å². The van der Waals surface area contributed by atoms with Crippen molar-refractivity contribution >= 4 is 29.1 Å². The Labute approximate surface area is 176 Å². The summed E-state index contributed by atoms with van der Waals surface area (Å²) >= 11 is 6.08. The lowest BCUT2D eigenvalue weighted by Crippen LogP contribution is -2.50. The van der Waals surface area contributed by atoms with Crippen LogP contribution in [0.25, 0.3) is 0 Å². The van der Waals surface area contributed by atoms with Gasteiger partial charge in [-0.25, -0.2) is 0 Å². The molecular formula is C22H26ClN3O3. The number of methoxy groups -OCH3 is 1. The predicted molar refractivity (Wildman–Crippen MR) is 115 cm³/mol. The highest BCUT2D eigenvalue weighted by Crippen LogP contribution is 2.21. The summed E-state index contributed by atoms with van der Waals surface area (Å²) in [6.45, 7) is 4.81. The number of halogens is 1. The van der Waals surface area contributed by atoms with E-state index >= 15 is 0 Å². The number of rotatable bonds is 6. The summed E-state index contributed by atoms with van der Waals surface area (Å²) in [6.07, 6.45) is 0.351. The number of aryl methyl sites for hydroxylation is 1. The lowest BCUT2D eigenvalue weighted by atomic mass is 10.1. The van der Waals surface area contributed by atoms with Crippen molar-refractivity contribution in [2.24, 2.45) is 0 Å². The van der Waals surface area contributed by atoms with Gasteiger partial charge >= 0.3 is 0 Å². The minimum Gasteiger partial charge on any atom is -0.496 e. The van der Waals surface area contributed by atoms with Crippen LogP contribution in [0.15, 0.2) is 42.5 Å². The van der Waals surface area contributed by atoms with E-state index in [0.29, 0.717) is 43.3 Å². The van der Waals surface area contributed by atoms with Crippen LogP contribution in [-0.2, 0) is 16.0 Å². The Morgan fingerprint density at radius 3 is 2.52 bits per heavy atom. The Hall–Kier alpha value is -2.57. The van der Waals surface area contributed by atoms with Crippen molar-refractivity contribution in [3.05, 3.63) is 58.6 Å². The van der Waals surface area contributed by atoms with Gasteiger partial charge in [-0.2, -0.15) is 0 Å². The van der Waals surface area contributed by atoms with Gasteiger partial charge in [0.15, 0.2) is 0 Å². The number of carbonyl (C=O) groups is 2. The molecule has 1 aliphatic heterocycles. The summed E-state index contributed by atoms with van der Waals surface area (Å²) in [6, 6.07) is 13.0. The van der Waals surface area contributed by atoms with Crippen molar-refractivity contribution < 1.29 is 14.3 Å². The number of ether oxygens (including phenoxy) is 1. The first-order valence-electron chi connectivity index (χ1n) is 9.64. The second-order valence-electron chi connectivity index (χ2n) is 7.17. The van der Waals surface area contributed by atoms with Crippen molar-refractivity contribution in [2.45, 2.75) is 13.3 Å². The first-order valence-corrected chi connectivity index (χ1v) is 10.0. The zero-order chi connectivity index (χ0) is 20.8. The molecule has 2 amide bonds. The Morgan fingerprint density at radius 1 is 1.10 bits per heavy atom. The predicted octanol–water partition coefficient (Wildman–Crippen LogP) is 2.98. The van der Waals surface area contributed by atoms with E-state index in [0.717, 1.165) is 16.9 Å². The number of benzene rings is 2. The molecule has 1 heterocycles. The molecule has 2 aromatic rings. The number of anilines is 1. The number of para-hydroxylation sites is 1. The van der Waals surface area contributed by atoms with Crippen LogP contribution in [0.5, 0.6) is 5.75 Å². The minimum atomic E-state index is -0.107. The van der Waals surface area contributed by atoms with Gasteiger partial charge in [0.2, 0.25) is 11.8 Å². The molecule has 6 nitrogen and oxygen atoms in total. The molecule has 29 heavy (non-hydrogen) atoms. The number of hydrogen-bond acceptors (Lipinski definition) is 4. The number of piperazine rings is 1. The molecule has 1 saturated heterocycles. The van der Waals surface area contributed by atoms with E-state index in [1.165, 1.54) is 0 Å². The summed E-state index contributed by atoms with van der Waals surface area (Å²) < 4.78 is 5.34. The maximum atomic E-state index is 12.6. The van der Waals surface area contributed by atoms with E-state index in [-0.39, 0.29) is 18.4 Å². The molecule has 1 fully saturated rings. The number of nitrogens with one attached hydrogen (secondary N) is 1. The molecule has 0 aromatic heterocycles. The lowest BCUT2D eigenvalue weighted by Gasteiger charge is -2.34. The normalized spacial score (nSPS) is 14.5. The molecule has 0 atom stereocenters. The summed E-state index contributed by atoms with van der Waals surface area (Å²) in [4.78, 5) is 28.8. The maximum Gasteiger partial charge on any atom is 0.238 e. The monoisotopic (exact) mass is 415 g/mol. The van der Waals surface area contributed by atoms with Gasteiger partial charge in [-0.3, -0.25) is 14.5 Å². The van der Waals surface area contributed by atoms with Crippen LogP contribution in [-0.4, -0.2) is 61.4 Å². The van der Waals surface area contributed by atoms with Crippen LogP contribution >= 0.6 is 11.6 Å². The Bertz CT molecular complexity index is 879. The van der Waals surface area contributed by atoms with Gasteiger partial charge in [-0.05, 0) is 36.2 Å². The second-order valence-corrected chi connectivity index (χ2v) is 7.57. The van der Waals surface area contributed by atoms with E-state index < -0.39 is 0 Å². The average Bonchev–Trinajstić information content (AvgIpc) is 2.71. The van der Waals surface area contributed by atoms with Gasteiger partial charge in [0.25, 0.3) is 0 Å². The summed E-state index contributed by atoms with van der Waals surface area (Å²) in [5, 5.41) is 3.35. The quantitative estimate of drug-likeness (QED) is 0.787. The van der Waals surface area contributed by atoms with Crippen molar-refractivity contribution in [2.75, 3.05) is 45.2 Å². The summed E-state index contributed by atoms with van der Waals surface area (Å²) in [5.41, 5.74) is 2.60. The maximum absolute atomic E-state index is 12.6. The standard InChI is InChI=1S/C22H26ClN3O3/c1-16-7-8-17(13-20(16)29-2)14-22(28)26-11-9-25(10-12-26)15-21(27)24-19-6-4-3-5-18(19)23/h3-8,13H,9-12,14-15H2,1-2H3,(H,24,27). The molecule has 0 aliphatic carbocycles. The van der Waals surface area contributed by atoms with Gasteiger partial charge in [0.1, 0.15) is 5.75 Å². The van der Waals surface area contributed by atoms with E-state index in [4.69, 9.17) is 16.3 Å². The summed E-state index contributed by atoms with van der Waals surface area (Å²) in [5.74, 6) is 0.783. The number of amides is 2. The smallest absolute Gasteiger partial charge is 0.238 e. The van der Waals surface area contributed by atoms with E-state index in [1.54, 1.807) is 19.2 Å². The second kappa shape index (κ2) is 9.76. The van der Waals surface area contributed by atoms with E-state index in [9.17, 15) is 9.59 Å². The zero-order valence-corrected chi connectivity index (χ0v) is 17.5. The van der Waals surface area contributed by atoms with Gasteiger partial charge in [0, 0.05) is 26.2 Å². The van der Waals surface area contributed by atoms with Crippen LogP contribution in [0, 0.1) is 6.92 Å². The molecule has 0 spiro atoms. The highest BCUT2D eigenvalue weighted by atomic mass is 35.5. The largest absolute Gasteiger partial charge is 0.496 e. The molecule has 0 bridgehead atoms. The van der Waals surface area contributed by atoms with Crippen LogP contribution in [0.2, 0.25) is 5.02 Å². The fourth-order valence-electron chi connectivity index (χ4n) is 3.37. The van der Waals surface area contributed by atoms with Crippen molar-refractivity contribution in [3.63, 3.8) is 0 Å². The van der Waals surface area contributed by atoms with Crippen LogP contribution in [0.1, 0.15) is 11.1 Å². The molecule has 0 saturated carbocycles. The van der Waals surface area contributed by atoms with E-state index in [1.807, 2.05) is 47.1 Å². The number of nitrogens with zero attached hydrogens (tertiary/aromatic N) is 2. The molecule has 1 N–H and O–H groups in total. The SMILES string of the molecule is COc1cc(CC(=O)N2CCN(CC(=O)Nc3ccccc3Cl)CC2)ccc1C. The third-order valence-electron chi connectivity index (χ3n) is 5.07. The molecule has 154 valence electrons. The molecule has 7 heteroatoms. The highest BCUT2D eigenvalue weighted by Gasteiger charge is 2.23. The van der Waals surface area contributed by atoms with Gasteiger partial charge in [-0.1, -0.05) is 35.9 Å². The Kier molecular flexibility index (Phi) is 7.12. The fourth-order valence-corrected chi connectivity index (χ4v) is 3.55. The molecule has 3 rings (SSSR count). The zero-order valence-electron chi connectivity index (χ0n) is 16.8. The first-order chi connectivity index (χ1) is 14.0. The third kappa shape index (κ3) is 5.71. The van der Waals surface area contributed by atoms with Crippen molar-refractivity contribution in [1.82, 2.24) is 9.80 Å². The molecule has 1 aliphatic rings. The fraction of sp³-hybridized carbons (Fsp3) is 0.364. The number of hydrogen-bond donors (Lipinski definition) is 1.